The lowest BCUT2D eigenvalue weighted by Gasteiger charge is -2.14. The summed E-state index contributed by atoms with van der Waals surface area (Å²) in [6, 6.07) is 16.4. The van der Waals surface area contributed by atoms with E-state index >= 15 is 0 Å². The Bertz CT molecular complexity index is 753. The number of aryl methyl sites for hydroxylation is 1. The topological polar surface area (TPSA) is 42.5 Å². The first-order valence-corrected chi connectivity index (χ1v) is 11.1. The van der Waals surface area contributed by atoms with Crippen LogP contribution in [0.2, 0.25) is 0 Å². The highest BCUT2D eigenvalue weighted by Crippen LogP contribution is 2.25. The largest absolute Gasteiger partial charge is 0.491 e. The molecule has 0 aliphatic heterocycles. The molecule has 5 heteroatoms. The third-order valence-electron chi connectivity index (χ3n) is 4.94. The molecule has 0 atom stereocenters. The normalized spacial score (nSPS) is 14.0. The third kappa shape index (κ3) is 7.58. The molecule has 4 nitrogen and oxygen atoms in total. The van der Waals surface area contributed by atoms with Crippen LogP contribution in [0.15, 0.2) is 48.5 Å². The summed E-state index contributed by atoms with van der Waals surface area (Å²) in [5.74, 6) is 1.86. The standard InChI is InChI=1S/C24H32N2O2S/c1-18(2)27-22-13-9-19(10-14-22)6-5-17-25-24(29)26-20-11-15-23(16-12-20)28-21-7-3-4-8-21/h9-16,18,21H,3-8,17H2,1-2H3,(H2,25,26,29). The summed E-state index contributed by atoms with van der Waals surface area (Å²) in [7, 11) is 0. The van der Waals surface area contributed by atoms with Crippen LogP contribution in [0.3, 0.4) is 0 Å². The minimum absolute atomic E-state index is 0.203. The third-order valence-corrected chi connectivity index (χ3v) is 5.19. The Kier molecular flexibility index (Phi) is 8.17. The van der Waals surface area contributed by atoms with Crippen LogP contribution in [-0.4, -0.2) is 23.9 Å². The zero-order chi connectivity index (χ0) is 20.5. The molecule has 0 spiro atoms. The van der Waals surface area contributed by atoms with Gasteiger partial charge in [0.1, 0.15) is 11.5 Å². The van der Waals surface area contributed by atoms with Crippen molar-refractivity contribution >= 4 is 23.0 Å². The van der Waals surface area contributed by atoms with Crippen molar-refractivity contribution in [3.8, 4) is 11.5 Å². The van der Waals surface area contributed by atoms with E-state index < -0.39 is 0 Å². The van der Waals surface area contributed by atoms with E-state index in [0.717, 1.165) is 36.6 Å². The van der Waals surface area contributed by atoms with Crippen molar-refractivity contribution in [1.82, 2.24) is 5.32 Å². The molecule has 1 aliphatic carbocycles. The summed E-state index contributed by atoms with van der Waals surface area (Å²) in [5.41, 5.74) is 2.28. The van der Waals surface area contributed by atoms with E-state index in [2.05, 4.69) is 22.8 Å². The maximum absolute atomic E-state index is 6.00. The molecule has 29 heavy (non-hydrogen) atoms. The number of benzene rings is 2. The van der Waals surface area contributed by atoms with E-state index in [1.54, 1.807) is 0 Å². The van der Waals surface area contributed by atoms with E-state index in [0.29, 0.717) is 11.2 Å². The number of anilines is 1. The van der Waals surface area contributed by atoms with Gasteiger partial charge in [0.15, 0.2) is 5.11 Å². The van der Waals surface area contributed by atoms with Crippen LogP contribution in [0.5, 0.6) is 11.5 Å². The van der Waals surface area contributed by atoms with Crippen molar-refractivity contribution in [3.05, 3.63) is 54.1 Å². The van der Waals surface area contributed by atoms with Gasteiger partial charge in [0.25, 0.3) is 0 Å². The summed E-state index contributed by atoms with van der Waals surface area (Å²) in [6.07, 6.45) is 7.51. The number of nitrogens with one attached hydrogen (secondary N) is 2. The molecular formula is C24H32N2O2S. The Morgan fingerprint density at radius 3 is 2.31 bits per heavy atom. The van der Waals surface area contributed by atoms with E-state index in [1.807, 2.05) is 50.2 Å². The van der Waals surface area contributed by atoms with Gasteiger partial charge in [-0.1, -0.05) is 12.1 Å². The smallest absolute Gasteiger partial charge is 0.170 e. The SMILES string of the molecule is CC(C)Oc1ccc(CCCNC(=S)Nc2ccc(OC3CCCC3)cc2)cc1. The zero-order valence-electron chi connectivity index (χ0n) is 17.4. The van der Waals surface area contributed by atoms with Gasteiger partial charge in [-0.15, -0.1) is 0 Å². The van der Waals surface area contributed by atoms with Gasteiger partial charge in [0.2, 0.25) is 0 Å². The van der Waals surface area contributed by atoms with E-state index in [-0.39, 0.29) is 6.10 Å². The van der Waals surface area contributed by atoms with Crippen LogP contribution in [0.1, 0.15) is 51.5 Å². The second kappa shape index (κ2) is 11.1. The Labute approximate surface area is 180 Å². The molecule has 3 rings (SSSR count). The minimum atomic E-state index is 0.203. The molecule has 0 heterocycles. The van der Waals surface area contributed by atoms with Gasteiger partial charge < -0.3 is 20.1 Å². The van der Waals surface area contributed by atoms with Crippen molar-refractivity contribution in [1.29, 1.82) is 0 Å². The molecule has 1 aliphatic rings. The fourth-order valence-electron chi connectivity index (χ4n) is 3.49. The fraction of sp³-hybridized carbons (Fsp3) is 0.458. The van der Waals surface area contributed by atoms with Gasteiger partial charge in [-0.05, 0) is 107 Å². The van der Waals surface area contributed by atoms with Gasteiger partial charge in [0, 0.05) is 12.2 Å². The molecule has 1 saturated carbocycles. The lowest BCUT2D eigenvalue weighted by atomic mass is 10.1. The number of thiocarbonyl (C=S) groups is 1. The fourth-order valence-corrected chi connectivity index (χ4v) is 3.71. The van der Waals surface area contributed by atoms with Gasteiger partial charge >= 0.3 is 0 Å². The van der Waals surface area contributed by atoms with Crippen molar-refractivity contribution in [2.75, 3.05) is 11.9 Å². The van der Waals surface area contributed by atoms with Gasteiger partial charge in [0.05, 0.1) is 12.2 Å². The molecule has 0 amide bonds. The van der Waals surface area contributed by atoms with E-state index in [1.165, 1.54) is 31.2 Å². The molecule has 0 radical (unpaired) electrons. The monoisotopic (exact) mass is 412 g/mol. The predicted octanol–water partition coefficient (Wildman–Crippen LogP) is 5.71. The Morgan fingerprint density at radius 1 is 1.00 bits per heavy atom. The lowest BCUT2D eigenvalue weighted by Crippen LogP contribution is -2.29. The number of hydrogen-bond donors (Lipinski definition) is 2. The molecule has 0 bridgehead atoms. The molecule has 2 aromatic rings. The Hall–Kier alpha value is -2.27. The van der Waals surface area contributed by atoms with Crippen molar-refractivity contribution in [2.45, 2.75) is 64.6 Å². The molecule has 1 fully saturated rings. The number of hydrogen-bond acceptors (Lipinski definition) is 3. The van der Waals surface area contributed by atoms with Crippen molar-refractivity contribution < 1.29 is 9.47 Å². The summed E-state index contributed by atoms with van der Waals surface area (Å²) in [6.45, 7) is 4.91. The quantitative estimate of drug-likeness (QED) is 0.408. The molecule has 0 aromatic heterocycles. The van der Waals surface area contributed by atoms with Crippen molar-refractivity contribution in [2.24, 2.45) is 0 Å². The highest BCUT2D eigenvalue weighted by atomic mass is 32.1. The Balaban J connectivity index is 1.33. The first-order chi connectivity index (χ1) is 14.1. The molecule has 2 aromatic carbocycles. The highest BCUT2D eigenvalue weighted by Gasteiger charge is 2.16. The first kappa shape index (κ1) is 21.4. The van der Waals surface area contributed by atoms with Crippen molar-refractivity contribution in [3.63, 3.8) is 0 Å². The Morgan fingerprint density at radius 2 is 1.66 bits per heavy atom. The van der Waals surface area contributed by atoms with Gasteiger partial charge in [-0.2, -0.15) is 0 Å². The molecular weight excluding hydrogens is 380 g/mol. The van der Waals surface area contributed by atoms with Crippen LogP contribution in [0.25, 0.3) is 0 Å². The van der Waals surface area contributed by atoms with Crippen LogP contribution < -0.4 is 20.1 Å². The molecule has 2 N–H and O–H groups in total. The van der Waals surface area contributed by atoms with Gasteiger partial charge in [-0.3, -0.25) is 0 Å². The zero-order valence-corrected chi connectivity index (χ0v) is 18.3. The molecule has 156 valence electrons. The maximum atomic E-state index is 6.00. The summed E-state index contributed by atoms with van der Waals surface area (Å²) >= 11 is 5.40. The highest BCUT2D eigenvalue weighted by molar-refractivity contribution is 7.80. The van der Waals surface area contributed by atoms with Gasteiger partial charge in [-0.25, -0.2) is 0 Å². The summed E-state index contributed by atoms with van der Waals surface area (Å²) in [4.78, 5) is 0. The minimum Gasteiger partial charge on any atom is -0.491 e. The molecule has 0 unspecified atom stereocenters. The second-order valence-electron chi connectivity index (χ2n) is 7.84. The summed E-state index contributed by atoms with van der Waals surface area (Å²) in [5, 5.41) is 7.16. The number of rotatable bonds is 9. The van der Waals surface area contributed by atoms with E-state index in [4.69, 9.17) is 21.7 Å². The van der Waals surface area contributed by atoms with Crippen LogP contribution >= 0.6 is 12.2 Å². The average Bonchev–Trinajstić information content (AvgIpc) is 3.21. The number of ether oxygens (including phenoxy) is 2. The van der Waals surface area contributed by atoms with Crippen LogP contribution in [0, 0.1) is 0 Å². The predicted molar refractivity (Wildman–Crippen MR) is 124 cm³/mol. The van der Waals surface area contributed by atoms with E-state index in [9.17, 15) is 0 Å². The molecule has 0 saturated heterocycles. The lowest BCUT2D eigenvalue weighted by molar-refractivity contribution is 0.210. The maximum Gasteiger partial charge on any atom is 0.170 e. The van der Waals surface area contributed by atoms with Crippen LogP contribution in [-0.2, 0) is 6.42 Å². The average molecular weight is 413 g/mol. The van der Waals surface area contributed by atoms with Crippen LogP contribution in [0.4, 0.5) is 5.69 Å². The summed E-state index contributed by atoms with van der Waals surface area (Å²) < 4.78 is 11.7. The first-order valence-electron chi connectivity index (χ1n) is 10.7. The second-order valence-corrected chi connectivity index (χ2v) is 8.25.